The number of methoxy groups -OCH3 is 2. The maximum atomic E-state index is 13.8. The van der Waals surface area contributed by atoms with Gasteiger partial charge >= 0.3 is 5.97 Å². The van der Waals surface area contributed by atoms with E-state index >= 15 is 0 Å². The number of ether oxygens (including phenoxy) is 2. The van der Waals surface area contributed by atoms with Crippen molar-refractivity contribution in [2.24, 2.45) is 0 Å². The normalized spacial score (nSPS) is 20.8. The molecule has 31 heavy (non-hydrogen) atoms. The average Bonchev–Trinajstić information content (AvgIpc) is 2.77. The van der Waals surface area contributed by atoms with Crippen LogP contribution in [0, 0.1) is 0 Å². The van der Waals surface area contributed by atoms with Crippen LogP contribution >= 0.6 is 0 Å². The van der Waals surface area contributed by atoms with Gasteiger partial charge in [0.2, 0.25) is 11.8 Å². The van der Waals surface area contributed by atoms with Crippen LogP contribution in [0.1, 0.15) is 30.9 Å². The fraction of sp³-hybridized carbons (Fsp3) is 0.375. The quantitative estimate of drug-likeness (QED) is 0.691. The van der Waals surface area contributed by atoms with Crippen molar-refractivity contribution < 1.29 is 23.9 Å². The molecule has 2 amide bonds. The first-order valence-corrected chi connectivity index (χ1v) is 10.2. The highest BCUT2D eigenvalue weighted by molar-refractivity contribution is 5.95. The second-order valence-corrected chi connectivity index (χ2v) is 7.78. The van der Waals surface area contributed by atoms with Gasteiger partial charge in [-0.15, -0.1) is 0 Å². The molecule has 1 N–H and O–H groups in total. The number of hydrogen-bond acceptors (Lipinski definition) is 5. The first-order chi connectivity index (χ1) is 14.9. The van der Waals surface area contributed by atoms with E-state index in [2.05, 4.69) is 5.32 Å². The van der Waals surface area contributed by atoms with Gasteiger partial charge in [-0.2, -0.15) is 0 Å². The molecular formula is C24H28N2O5. The summed E-state index contributed by atoms with van der Waals surface area (Å²) in [5.41, 5.74) is 0.663. The molecule has 1 aliphatic rings. The van der Waals surface area contributed by atoms with E-state index in [0.717, 1.165) is 11.1 Å². The molecule has 0 aliphatic carbocycles. The van der Waals surface area contributed by atoms with Gasteiger partial charge in [0.25, 0.3) is 0 Å². The summed E-state index contributed by atoms with van der Waals surface area (Å²) in [7, 11) is 2.90. The average molecular weight is 424 g/mol. The van der Waals surface area contributed by atoms with Crippen LogP contribution in [0.25, 0.3) is 0 Å². The molecule has 2 atom stereocenters. The van der Waals surface area contributed by atoms with Crippen molar-refractivity contribution in [3.8, 4) is 5.75 Å². The van der Waals surface area contributed by atoms with Gasteiger partial charge in [0.15, 0.2) is 0 Å². The van der Waals surface area contributed by atoms with E-state index in [-0.39, 0.29) is 18.4 Å². The number of esters is 1. The monoisotopic (exact) mass is 424 g/mol. The number of nitrogens with zero attached hydrogens (tertiary/aromatic N) is 1. The van der Waals surface area contributed by atoms with Crippen LogP contribution < -0.4 is 10.1 Å². The summed E-state index contributed by atoms with van der Waals surface area (Å²) < 4.78 is 10.2. The van der Waals surface area contributed by atoms with Crippen LogP contribution in [0.2, 0.25) is 0 Å². The standard InChI is InChI=1S/C24H28N2O5/c1-17(27)25-24(15-18-7-5-4-6-8-18)14-13-21(22(28)31-3)26(23(24)29)16-19-9-11-20(30-2)12-10-19/h4-12,21H,13-16H2,1-3H3,(H,25,27)/t21-,24+/m1/s1. The first kappa shape index (κ1) is 22.3. The van der Waals surface area contributed by atoms with Crippen molar-refractivity contribution in [2.45, 2.75) is 44.3 Å². The number of likely N-dealkylation sites (tertiary alicyclic amines) is 1. The second kappa shape index (κ2) is 9.64. The molecule has 7 nitrogen and oxygen atoms in total. The Kier molecular flexibility index (Phi) is 6.95. The highest BCUT2D eigenvalue weighted by Crippen LogP contribution is 2.32. The predicted octanol–water partition coefficient (Wildman–Crippen LogP) is 2.48. The molecule has 0 unspecified atom stereocenters. The van der Waals surface area contributed by atoms with Gasteiger partial charge in [0, 0.05) is 19.9 Å². The molecule has 2 aromatic carbocycles. The van der Waals surface area contributed by atoms with Crippen molar-refractivity contribution in [3.63, 3.8) is 0 Å². The highest BCUT2D eigenvalue weighted by atomic mass is 16.5. The molecule has 1 saturated heterocycles. The minimum Gasteiger partial charge on any atom is -0.497 e. The van der Waals surface area contributed by atoms with Gasteiger partial charge < -0.3 is 19.7 Å². The number of amides is 2. The molecule has 0 spiro atoms. The summed E-state index contributed by atoms with van der Waals surface area (Å²) in [6, 6.07) is 16.2. The molecule has 0 saturated carbocycles. The number of piperidine rings is 1. The van der Waals surface area contributed by atoms with Gasteiger partial charge in [-0.1, -0.05) is 42.5 Å². The van der Waals surface area contributed by atoms with E-state index < -0.39 is 17.6 Å². The van der Waals surface area contributed by atoms with E-state index in [4.69, 9.17) is 9.47 Å². The SMILES string of the molecule is COC(=O)[C@H]1CC[C@@](Cc2ccccc2)(NC(C)=O)C(=O)N1Cc1ccc(OC)cc1. The summed E-state index contributed by atoms with van der Waals surface area (Å²) in [6.45, 7) is 1.62. The van der Waals surface area contributed by atoms with Crippen LogP contribution in [0.5, 0.6) is 5.75 Å². The number of hydrogen-bond donors (Lipinski definition) is 1. The highest BCUT2D eigenvalue weighted by Gasteiger charge is 2.50. The summed E-state index contributed by atoms with van der Waals surface area (Å²) in [5, 5.41) is 2.90. The summed E-state index contributed by atoms with van der Waals surface area (Å²) in [5.74, 6) is -0.331. The molecule has 1 fully saturated rings. The Bertz CT molecular complexity index is 929. The van der Waals surface area contributed by atoms with Crippen molar-refractivity contribution in [3.05, 3.63) is 65.7 Å². The molecular weight excluding hydrogens is 396 g/mol. The van der Waals surface area contributed by atoms with Crippen molar-refractivity contribution >= 4 is 17.8 Å². The zero-order chi connectivity index (χ0) is 22.4. The number of benzene rings is 2. The maximum absolute atomic E-state index is 13.8. The van der Waals surface area contributed by atoms with Gasteiger partial charge in [-0.3, -0.25) is 9.59 Å². The van der Waals surface area contributed by atoms with Crippen LogP contribution in [-0.4, -0.2) is 48.5 Å². The van der Waals surface area contributed by atoms with Crippen LogP contribution in [0.3, 0.4) is 0 Å². The Morgan fingerprint density at radius 3 is 2.32 bits per heavy atom. The smallest absolute Gasteiger partial charge is 0.328 e. The van der Waals surface area contributed by atoms with Gasteiger partial charge in [0.1, 0.15) is 17.3 Å². The van der Waals surface area contributed by atoms with Crippen LogP contribution in [0.4, 0.5) is 0 Å². The van der Waals surface area contributed by atoms with E-state index in [1.54, 1.807) is 7.11 Å². The minimum absolute atomic E-state index is 0.221. The number of carbonyl (C=O) groups is 3. The lowest BCUT2D eigenvalue weighted by molar-refractivity contribution is -0.161. The molecule has 7 heteroatoms. The fourth-order valence-electron chi connectivity index (χ4n) is 4.16. The largest absolute Gasteiger partial charge is 0.497 e. The lowest BCUT2D eigenvalue weighted by Crippen LogP contribution is -2.66. The lowest BCUT2D eigenvalue weighted by atomic mass is 9.79. The van der Waals surface area contributed by atoms with E-state index in [1.165, 1.54) is 18.9 Å². The van der Waals surface area contributed by atoms with E-state index in [1.807, 2.05) is 54.6 Å². The Labute approximate surface area is 182 Å². The summed E-state index contributed by atoms with van der Waals surface area (Å²) in [6.07, 6.45) is 1.08. The van der Waals surface area contributed by atoms with E-state index in [9.17, 15) is 14.4 Å². The molecule has 0 radical (unpaired) electrons. The van der Waals surface area contributed by atoms with Gasteiger partial charge in [-0.05, 0) is 36.1 Å². The predicted molar refractivity (Wildman–Crippen MR) is 115 cm³/mol. The summed E-state index contributed by atoms with van der Waals surface area (Å²) in [4.78, 5) is 39.9. The zero-order valence-electron chi connectivity index (χ0n) is 18.1. The van der Waals surface area contributed by atoms with Crippen LogP contribution in [0.15, 0.2) is 54.6 Å². The third-order valence-electron chi connectivity index (χ3n) is 5.64. The first-order valence-electron chi connectivity index (χ1n) is 10.2. The summed E-state index contributed by atoms with van der Waals surface area (Å²) >= 11 is 0. The van der Waals surface area contributed by atoms with Crippen molar-refractivity contribution in [2.75, 3.05) is 14.2 Å². The Hall–Kier alpha value is -3.35. The lowest BCUT2D eigenvalue weighted by Gasteiger charge is -2.45. The Balaban J connectivity index is 1.96. The number of carbonyl (C=O) groups excluding carboxylic acids is 3. The van der Waals surface area contributed by atoms with E-state index in [0.29, 0.717) is 25.0 Å². The molecule has 0 bridgehead atoms. The molecule has 1 heterocycles. The van der Waals surface area contributed by atoms with Crippen LogP contribution in [-0.2, 0) is 32.1 Å². The third-order valence-corrected chi connectivity index (χ3v) is 5.64. The number of nitrogens with one attached hydrogen (secondary N) is 1. The minimum atomic E-state index is -1.12. The third kappa shape index (κ3) is 5.05. The molecule has 2 aromatic rings. The van der Waals surface area contributed by atoms with Crippen molar-refractivity contribution in [1.82, 2.24) is 10.2 Å². The molecule has 3 rings (SSSR count). The second-order valence-electron chi connectivity index (χ2n) is 7.78. The molecule has 164 valence electrons. The topological polar surface area (TPSA) is 84.9 Å². The Morgan fingerprint density at radius 2 is 1.74 bits per heavy atom. The van der Waals surface area contributed by atoms with Gasteiger partial charge in [0.05, 0.1) is 14.2 Å². The fourth-order valence-corrected chi connectivity index (χ4v) is 4.16. The zero-order valence-corrected chi connectivity index (χ0v) is 18.1. The molecule has 1 aliphatic heterocycles. The number of rotatable bonds is 7. The Morgan fingerprint density at radius 1 is 1.06 bits per heavy atom. The maximum Gasteiger partial charge on any atom is 0.328 e. The van der Waals surface area contributed by atoms with Crippen molar-refractivity contribution in [1.29, 1.82) is 0 Å². The van der Waals surface area contributed by atoms with Gasteiger partial charge in [-0.25, -0.2) is 4.79 Å². The molecule has 0 aromatic heterocycles.